The normalized spacial score (nSPS) is 11.1. The molecule has 0 spiro atoms. The lowest BCUT2D eigenvalue weighted by molar-refractivity contribution is -0.118. The van der Waals surface area contributed by atoms with Gasteiger partial charge < -0.3 is 5.73 Å². The molecule has 0 bridgehead atoms. The maximum atomic E-state index is 12.6. The summed E-state index contributed by atoms with van der Waals surface area (Å²) in [6.07, 6.45) is 3.47. The van der Waals surface area contributed by atoms with Gasteiger partial charge in [0.25, 0.3) is 5.56 Å². The van der Waals surface area contributed by atoms with Gasteiger partial charge in [0.05, 0.1) is 11.0 Å². The Balaban J connectivity index is 2.14. The Labute approximate surface area is 132 Å². The predicted molar refractivity (Wildman–Crippen MR) is 90.6 cm³/mol. The molecular weight excluding hydrogens is 290 g/mol. The Morgan fingerprint density at radius 3 is 2.48 bits per heavy atom. The van der Waals surface area contributed by atoms with Crippen LogP contribution in [0.2, 0.25) is 0 Å². The number of amides is 1. The van der Waals surface area contributed by atoms with Gasteiger partial charge in [0.15, 0.2) is 0 Å². The first-order valence-corrected chi connectivity index (χ1v) is 7.16. The average Bonchev–Trinajstić information content (AvgIpc) is 2.56. The second-order valence-electron chi connectivity index (χ2n) is 5.09. The van der Waals surface area contributed by atoms with E-state index in [4.69, 9.17) is 5.73 Å². The number of nitrogens with zero attached hydrogens (tertiary/aromatic N) is 2. The van der Waals surface area contributed by atoms with Crippen LogP contribution in [0.25, 0.3) is 23.2 Å². The summed E-state index contributed by atoms with van der Waals surface area (Å²) >= 11 is 0. The third-order valence-corrected chi connectivity index (χ3v) is 3.42. The largest absolute Gasteiger partial charge is 0.368 e. The van der Waals surface area contributed by atoms with Gasteiger partial charge in [-0.05, 0) is 23.8 Å². The summed E-state index contributed by atoms with van der Waals surface area (Å²) in [5, 5.41) is 0. The lowest BCUT2D eigenvalue weighted by atomic mass is 10.2. The van der Waals surface area contributed by atoms with Crippen LogP contribution >= 0.6 is 0 Å². The molecule has 0 saturated heterocycles. The lowest BCUT2D eigenvalue weighted by Gasteiger charge is -2.09. The maximum Gasteiger partial charge on any atom is 0.277 e. The minimum atomic E-state index is -0.568. The zero-order valence-corrected chi connectivity index (χ0v) is 12.3. The highest BCUT2D eigenvalue weighted by molar-refractivity contribution is 5.80. The van der Waals surface area contributed by atoms with E-state index in [-0.39, 0.29) is 17.8 Å². The lowest BCUT2D eigenvalue weighted by Crippen LogP contribution is -2.30. The van der Waals surface area contributed by atoms with Crippen LogP contribution in [0.4, 0.5) is 0 Å². The van der Waals surface area contributed by atoms with Crippen LogP contribution in [0.3, 0.4) is 0 Å². The highest BCUT2D eigenvalue weighted by Crippen LogP contribution is 2.11. The number of para-hydroxylation sites is 2. The molecule has 5 heteroatoms. The van der Waals surface area contributed by atoms with Crippen molar-refractivity contribution in [2.75, 3.05) is 0 Å². The number of carbonyl (C=O) groups excluding carboxylic acids is 1. The predicted octanol–water partition coefficient (Wildman–Crippen LogP) is 2.05. The Morgan fingerprint density at radius 2 is 1.74 bits per heavy atom. The summed E-state index contributed by atoms with van der Waals surface area (Å²) in [4.78, 5) is 28.2. The van der Waals surface area contributed by atoms with E-state index in [1.54, 1.807) is 24.3 Å². The quantitative estimate of drug-likeness (QED) is 0.801. The first kappa shape index (κ1) is 14.7. The molecule has 0 atom stereocenters. The van der Waals surface area contributed by atoms with Crippen molar-refractivity contribution < 1.29 is 4.79 Å². The molecule has 0 aliphatic rings. The molecule has 2 N–H and O–H groups in total. The second kappa shape index (κ2) is 6.27. The van der Waals surface area contributed by atoms with E-state index in [0.29, 0.717) is 11.0 Å². The number of hydrogen-bond acceptors (Lipinski definition) is 3. The van der Waals surface area contributed by atoms with Crippen LogP contribution < -0.4 is 11.3 Å². The maximum absolute atomic E-state index is 12.6. The monoisotopic (exact) mass is 305 g/mol. The highest BCUT2D eigenvalue weighted by atomic mass is 16.2. The summed E-state index contributed by atoms with van der Waals surface area (Å²) < 4.78 is 1.36. The summed E-state index contributed by atoms with van der Waals surface area (Å²) in [6.45, 7) is -0.173. The first-order chi connectivity index (χ1) is 11.1. The second-order valence-corrected chi connectivity index (χ2v) is 5.09. The molecule has 114 valence electrons. The molecule has 0 fully saturated rings. The molecular formula is C18H15N3O2. The molecule has 3 aromatic rings. The molecule has 0 radical (unpaired) electrons. The molecule has 1 heterocycles. The number of fused-ring (bicyclic) bond motifs is 1. The number of rotatable bonds is 4. The van der Waals surface area contributed by atoms with Crippen molar-refractivity contribution in [2.24, 2.45) is 5.73 Å². The zero-order chi connectivity index (χ0) is 16.2. The van der Waals surface area contributed by atoms with Gasteiger partial charge in [0.1, 0.15) is 12.2 Å². The molecule has 0 saturated carbocycles. The third kappa shape index (κ3) is 3.18. The summed E-state index contributed by atoms with van der Waals surface area (Å²) in [6, 6.07) is 16.8. The van der Waals surface area contributed by atoms with Crippen LogP contribution in [0.5, 0.6) is 0 Å². The number of benzene rings is 2. The molecule has 1 amide bonds. The highest BCUT2D eigenvalue weighted by Gasteiger charge is 2.10. The molecule has 1 aromatic heterocycles. The summed E-state index contributed by atoms with van der Waals surface area (Å²) in [5.74, 6) is -0.568. The molecule has 0 aliphatic carbocycles. The molecule has 0 aliphatic heterocycles. The fourth-order valence-corrected chi connectivity index (χ4v) is 2.37. The van der Waals surface area contributed by atoms with E-state index < -0.39 is 5.91 Å². The van der Waals surface area contributed by atoms with Crippen molar-refractivity contribution in [3.05, 3.63) is 76.2 Å². The Kier molecular flexibility index (Phi) is 4.01. The van der Waals surface area contributed by atoms with Crippen LogP contribution in [0, 0.1) is 0 Å². The van der Waals surface area contributed by atoms with Gasteiger partial charge in [-0.15, -0.1) is 0 Å². The van der Waals surface area contributed by atoms with Crippen molar-refractivity contribution in [1.82, 2.24) is 9.55 Å². The van der Waals surface area contributed by atoms with Gasteiger partial charge in [-0.2, -0.15) is 0 Å². The van der Waals surface area contributed by atoms with Gasteiger partial charge in [0, 0.05) is 0 Å². The molecule has 0 unspecified atom stereocenters. The molecule has 3 rings (SSSR count). The Morgan fingerprint density at radius 1 is 1.04 bits per heavy atom. The Bertz CT molecular complexity index is 943. The fourth-order valence-electron chi connectivity index (χ4n) is 2.37. The van der Waals surface area contributed by atoms with Crippen molar-refractivity contribution >= 4 is 29.1 Å². The van der Waals surface area contributed by atoms with Gasteiger partial charge in [-0.25, -0.2) is 4.98 Å². The molecule has 2 aromatic carbocycles. The number of hydrogen-bond donors (Lipinski definition) is 1. The van der Waals surface area contributed by atoms with E-state index in [1.165, 1.54) is 4.57 Å². The topological polar surface area (TPSA) is 78.0 Å². The van der Waals surface area contributed by atoms with E-state index >= 15 is 0 Å². The van der Waals surface area contributed by atoms with E-state index in [2.05, 4.69) is 4.98 Å². The van der Waals surface area contributed by atoms with Crippen molar-refractivity contribution in [1.29, 1.82) is 0 Å². The van der Waals surface area contributed by atoms with Crippen LogP contribution in [0.15, 0.2) is 59.4 Å². The van der Waals surface area contributed by atoms with Gasteiger partial charge >= 0.3 is 0 Å². The van der Waals surface area contributed by atoms with E-state index in [0.717, 1.165) is 5.56 Å². The standard InChI is InChI=1S/C18H15N3O2/c19-17(22)12-21-16-9-5-4-8-14(16)20-15(18(21)23)11-10-13-6-2-1-3-7-13/h1-11H,12H2,(H2,19,22)/b11-10+. The zero-order valence-electron chi connectivity index (χ0n) is 12.3. The fraction of sp³-hybridized carbons (Fsp3) is 0.0556. The Hall–Kier alpha value is -3.21. The van der Waals surface area contributed by atoms with Crippen LogP contribution in [0.1, 0.15) is 11.3 Å². The number of carbonyl (C=O) groups is 1. The van der Waals surface area contributed by atoms with E-state index in [9.17, 15) is 9.59 Å². The minimum Gasteiger partial charge on any atom is -0.368 e. The number of primary amides is 1. The smallest absolute Gasteiger partial charge is 0.277 e. The molecule has 5 nitrogen and oxygen atoms in total. The minimum absolute atomic E-state index is 0.173. The van der Waals surface area contributed by atoms with Crippen molar-refractivity contribution in [2.45, 2.75) is 6.54 Å². The summed E-state index contributed by atoms with van der Waals surface area (Å²) in [5.41, 5.74) is 7.39. The third-order valence-electron chi connectivity index (χ3n) is 3.42. The number of aromatic nitrogens is 2. The van der Waals surface area contributed by atoms with E-state index in [1.807, 2.05) is 42.5 Å². The first-order valence-electron chi connectivity index (χ1n) is 7.16. The SMILES string of the molecule is NC(=O)Cn1c(=O)c(/C=C/c2ccccc2)nc2ccccc21. The van der Waals surface area contributed by atoms with Crippen molar-refractivity contribution in [3.8, 4) is 0 Å². The van der Waals surface area contributed by atoms with Gasteiger partial charge in [-0.3, -0.25) is 14.2 Å². The van der Waals surface area contributed by atoms with Crippen molar-refractivity contribution in [3.63, 3.8) is 0 Å². The average molecular weight is 305 g/mol. The molecule has 23 heavy (non-hydrogen) atoms. The van der Waals surface area contributed by atoms with Gasteiger partial charge in [0.2, 0.25) is 5.91 Å². The number of nitrogens with two attached hydrogens (primary N) is 1. The summed E-state index contributed by atoms with van der Waals surface area (Å²) in [7, 11) is 0. The van der Waals surface area contributed by atoms with Crippen LogP contribution in [-0.2, 0) is 11.3 Å². The van der Waals surface area contributed by atoms with Gasteiger partial charge in [-0.1, -0.05) is 48.5 Å². The van der Waals surface area contributed by atoms with Crippen LogP contribution in [-0.4, -0.2) is 15.5 Å².